The molecule has 57 heavy (non-hydrogen) atoms. The van der Waals surface area contributed by atoms with Crippen LogP contribution in [-0.2, 0) is 47.7 Å². The highest BCUT2D eigenvalue weighted by molar-refractivity contribution is 5.73. The third-order valence-electron chi connectivity index (χ3n) is 11.8. The Labute approximate surface area is 344 Å². The topological polar surface area (TPSA) is 152 Å². The van der Waals surface area contributed by atoms with Gasteiger partial charge in [0.2, 0.25) is 0 Å². The quantitative estimate of drug-likeness (QED) is 0.0383. The van der Waals surface area contributed by atoms with E-state index in [2.05, 4.69) is 27.7 Å². The Morgan fingerprint density at radius 3 is 1.28 bits per heavy atom. The number of ether oxygens (including phenoxy) is 5. The van der Waals surface area contributed by atoms with Crippen LogP contribution in [0.5, 0.6) is 0 Å². The van der Waals surface area contributed by atoms with Crippen molar-refractivity contribution in [1.29, 1.82) is 0 Å². The maximum absolute atomic E-state index is 13.4. The summed E-state index contributed by atoms with van der Waals surface area (Å²) in [7, 11) is 0. The summed E-state index contributed by atoms with van der Waals surface area (Å²) in [5.41, 5.74) is -1.49. The first-order chi connectivity index (χ1) is 27.4. The lowest BCUT2D eigenvalue weighted by Crippen LogP contribution is -2.44. The molecule has 0 aliphatic heterocycles. The van der Waals surface area contributed by atoms with E-state index in [1.807, 2.05) is 0 Å². The van der Waals surface area contributed by atoms with Crippen LogP contribution < -0.4 is 0 Å². The largest absolute Gasteiger partial charge is 0.466 e. The lowest BCUT2D eigenvalue weighted by molar-refractivity contribution is -0.167. The third kappa shape index (κ3) is 22.9. The van der Waals surface area contributed by atoms with Gasteiger partial charge in [-0.2, -0.15) is 0 Å². The van der Waals surface area contributed by atoms with Crippen molar-refractivity contribution in [2.45, 2.75) is 195 Å². The molecule has 0 amide bonds. The smallest absolute Gasteiger partial charge is 0.306 e. The predicted octanol–water partition coefficient (Wildman–Crippen LogP) is 9.77. The van der Waals surface area contributed by atoms with E-state index in [9.17, 15) is 29.1 Å². The molecule has 0 saturated heterocycles. The fourth-order valence-corrected chi connectivity index (χ4v) is 8.98. The summed E-state index contributed by atoms with van der Waals surface area (Å²) in [6, 6.07) is 0. The van der Waals surface area contributed by atoms with E-state index in [0.29, 0.717) is 31.0 Å². The minimum Gasteiger partial charge on any atom is -0.466 e. The number of aliphatic hydroxyl groups excluding tert-OH is 1. The van der Waals surface area contributed by atoms with Gasteiger partial charge in [-0.3, -0.25) is 24.0 Å². The van der Waals surface area contributed by atoms with E-state index >= 15 is 0 Å². The normalized spacial score (nSPS) is 20.4. The molecule has 0 radical (unpaired) electrons. The van der Waals surface area contributed by atoms with E-state index in [4.69, 9.17) is 23.7 Å². The van der Waals surface area contributed by atoms with Crippen LogP contribution in [-0.4, -0.2) is 74.6 Å². The number of hydrogen-bond acceptors (Lipinski definition) is 11. The fourth-order valence-electron chi connectivity index (χ4n) is 8.98. The van der Waals surface area contributed by atoms with Crippen LogP contribution in [0.25, 0.3) is 0 Å². The molecule has 2 rings (SSSR count). The van der Waals surface area contributed by atoms with Gasteiger partial charge in [-0.1, -0.05) is 105 Å². The molecular weight excluding hydrogens is 728 g/mol. The summed E-state index contributed by atoms with van der Waals surface area (Å²) in [6.45, 7) is 8.05. The second kappa shape index (κ2) is 29.5. The zero-order chi connectivity index (χ0) is 41.8. The highest BCUT2D eigenvalue weighted by atomic mass is 16.6. The first-order valence-corrected chi connectivity index (χ1v) is 22.8. The van der Waals surface area contributed by atoms with Crippen molar-refractivity contribution < 1.29 is 52.8 Å². The van der Waals surface area contributed by atoms with Crippen LogP contribution in [0.15, 0.2) is 0 Å². The molecule has 2 atom stereocenters. The Morgan fingerprint density at radius 1 is 0.509 bits per heavy atom. The van der Waals surface area contributed by atoms with E-state index in [0.717, 1.165) is 57.8 Å². The van der Waals surface area contributed by atoms with Crippen LogP contribution in [0.3, 0.4) is 0 Å². The molecule has 2 saturated carbocycles. The standard InChI is InChI=1S/C46H80O11/c1-5-7-9-11-13-15-17-25-53-40(48)21-19-23-42(50)55-34-46(33-47,36-57-44(52)32-45-29-37(3)27-39(31-45)28-38(4)30-45)35-56-43(51)24-20-22-41(49)54-26-18-16-14-12-10-8-6-2/h37-39,47H,5-36H2,1-4H3. The number of carbonyl (C=O) groups excluding carboxylic acids is 5. The Bertz CT molecular complexity index is 1080. The van der Waals surface area contributed by atoms with Gasteiger partial charge in [0.1, 0.15) is 19.8 Å². The Hall–Kier alpha value is -2.69. The molecule has 0 aromatic heterocycles. The van der Waals surface area contributed by atoms with Crippen LogP contribution in [0.1, 0.15) is 195 Å². The van der Waals surface area contributed by atoms with Gasteiger partial charge >= 0.3 is 29.8 Å². The number of unbranched alkanes of at least 4 members (excludes halogenated alkanes) is 12. The van der Waals surface area contributed by atoms with Crippen molar-refractivity contribution in [2.75, 3.05) is 39.6 Å². The maximum atomic E-state index is 13.4. The summed E-state index contributed by atoms with van der Waals surface area (Å²) in [5.74, 6) is -0.572. The van der Waals surface area contributed by atoms with E-state index in [1.165, 1.54) is 64.2 Å². The monoisotopic (exact) mass is 809 g/mol. The van der Waals surface area contributed by atoms with Gasteiger partial charge in [0, 0.05) is 25.7 Å². The number of carbonyl (C=O) groups is 5. The molecule has 0 aromatic carbocycles. The van der Waals surface area contributed by atoms with Crippen LogP contribution in [0.2, 0.25) is 0 Å². The van der Waals surface area contributed by atoms with E-state index in [1.54, 1.807) is 0 Å². The number of fused-ring (bicyclic) bond motifs is 2. The summed E-state index contributed by atoms with van der Waals surface area (Å²) in [5, 5.41) is 10.6. The highest BCUT2D eigenvalue weighted by Crippen LogP contribution is 2.54. The molecular formula is C46H80O11. The molecule has 2 aliphatic rings. The van der Waals surface area contributed by atoms with Gasteiger partial charge in [0.25, 0.3) is 0 Å². The SMILES string of the molecule is CCCCCCCCCOC(=O)CCCC(=O)OCC(CO)(COC(=O)CCCC(=O)OCCCCCCCCC)COC(=O)CC12CC(C)CC(CC(C)C1)C2. The van der Waals surface area contributed by atoms with Gasteiger partial charge in [0.05, 0.1) is 31.7 Å². The van der Waals surface area contributed by atoms with Crippen molar-refractivity contribution in [2.24, 2.45) is 28.6 Å². The first-order valence-electron chi connectivity index (χ1n) is 22.8. The van der Waals surface area contributed by atoms with Crippen molar-refractivity contribution in [3.63, 3.8) is 0 Å². The van der Waals surface area contributed by atoms with Gasteiger partial charge in [-0.15, -0.1) is 0 Å². The van der Waals surface area contributed by atoms with Crippen molar-refractivity contribution in [3.05, 3.63) is 0 Å². The summed E-state index contributed by atoms with van der Waals surface area (Å²) < 4.78 is 27.5. The summed E-state index contributed by atoms with van der Waals surface area (Å²) >= 11 is 0. The molecule has 2 bridgehead atoms. The molecule has 11 nitrogen and oxygen atoms in total. The second-order valence-electron chi connectivity index (χ2n) is 17.9. The average molecular weight is 809 g/mol. The molecule has 0 spiro atoms. The number of rotatable bonds is 33. The zero-order valence-corrected chi connectivity index (χ0v) is 36.4. The molecule has 2 unspecified atom stereocenters. The second-order valence-corrected chi connectivity index (χ2v) is 17.9. The minimum atomic E-state index is -1.38. The molecule has 0 heterocycles. The number of esters is 5. The minimum absolute atomic E-state index is 0.0390. The predicted molar refractivity (Wildman–Crippen MR) is 220 cm³/mol. The highest BCUT2D eigenvalue weighted by Gasteiger charge is 2.46. The van der Waals surface area contributed by atoms with E-state index in [-0.39, 0.29) is 88.1 Å². The maximum Gasteiger partial charge on any atom is 0.306 e. The van der Waals surface area contributed by atoms with Crippen molar-refractivity contribution in [1.82, 2.24) is 0 Å². The third-order valence-corrected chi connectivity index (χ3v) is 11.8. The molecule has 11 heteroatoms. The molecule has 1 N–H and O–H groups in total. The Kier molecular flexibility index (Phi) is 26.1. The lowest BCUT2D eigenvalue weighted by atomic mass is 9.56. The van der Waals surface area contributed by atoms with Gasteiger partial charge in [0.15, 0.2) is 0 Å². The summed E-state index contributed by atoms with van der Waals surface area (Å²) in [4.78, 5) is 63.3. The fraction of sp³-hybridized carbons (Fsp3) is 0.891. The van der Waals surface area contributed by atoms with Crippen LogP contribution >= 0.6 is 0 Å². The van der Waals surface area contributed by atoms with E-state index < -0.39 is 24.0 Å². The number of aliphatic hydroxyl groups is 1. The Balaban J connectivity index is 1.85. The van der Waals surface area contributed by atoms with Crippen LogP contribution in [0.4, 0.5) is 0 Å². The first kappa shape index (κ1) is 50.5. The van der Waals surface area contributed by atoms with Gasteiger partial charge in [-0.05, 0) is 81.0 Å². The Morgan fingerprint density at radius 2 is 0.877 bits per heavy atom. The summed E-state index contributed by atoms with van der Waals surface area (Å²) in [6.07, 6.45) is 21.9. The molecule has 2 fully saturated rings. The van der Waals surface area contributed by atoms with Crippen molar-refractivity contribution in [3.8, 4) is 0 Å². The molecule has 0 aromatic rings. The van der Waals surface area contributed by atoms with Gasteiger partial charge < -0.3 is 28.8 Å². The average Bonchev–Trinajstić information content (AvgIpc) is 3.16. The number of hydrogen-bond donors (Lipinski definition) is 1. The van der Waals surface area contributed by atoms with Crippen LogP contribution in [0, 0.1) is 28.6 Å². The van der Waals surface area contributed by atoms with Gasteiger partial charge in [-0.25, -0.2) is 0 Å². The lowest BCUT2D eigenvalue weighted by Gasteiger charge is -2.49. The van der Waals surface area contributed by atoms with Crippen molar-refractivity contribution >= 4 is 29.8 Å². The zero-order valence-electron chi connectivity index (χ0n) is 36.4. The molecule has 2 aliphatic carbocycles. The molecule has 330 valence electrons.